The van der Waals surface area contributed by atoms with Gasteiger partial charge in [-0.25, -0.2) is 9.78 Å². The van der Waals surface area contributed by atoms with Crippen LogP contribution < -0.4 is 16.2 Å². The standard InChI is InChI=1S/C22H21ClN4O3S/c1-13(19(28)26-21(30)24-15-10-11-15)31-22-25-18-9-5-3-7-16(18)20(29)27(22)12-14-6-2-4-8-17(14)23/h2-9,13,15H,10-12H2,1H3,(H2,24,26,28,30). The van der Waals surface area contributed by atoms with Crippen LogP contribution in [0.5, 0.6) is 0 Å². The molecule has 1 atom stereocenters. The monoisotopic (exact) mass is 456 g/mol. The van der Waals surface area contributed by atoms with Crippen molar-refractivity contribution < 1.29 is 9.59 Å². The molecule has 2 aromatic carbocycles. The van der Waals surface area contributed by atoms with E-state index in [2.05, 4.69) is 15.6 Å². The highest BCUT2D eigenvalue weighted by atomic mass is 35.5. The first-order valence-corrected chi connectivity index (χ1v) is 11.2. The third kappa shape index (κ3) is 5.08. The van der Waals surface area contributed by atoms with Crippen LogP contribution >= 0.6 is 23.4 Å². The Labute approximate surface area is 188 Å². The molecule has 0 bridgehead atoms. The molecule has 2 N–H and O–H groups in total. The van der Waals surface area contributed by atoms with Crippen LogP contribution in [0.15, 0.2) is 58.5 Å². The van der Waals surface area contributed by atoms with Crippen molar-refractivity contribution in [3.05, 3.63) is 69.5 Å². The van der Waals surface area contributed by atoms with Crippen LogP contribution in [0.3, 0.4) is 0 Å². The molecule has 1 unspecified atom stereocenters. The molecule has 1 aliphatic rings. The lowest BCUT2D eigenvalue weighted by molar-refractivity contribution is -0.119. The molecule has 1 aliphatic carbocycles. The summed E-state index contributed by atoms with van der Waals surface area (Å²) >= 11 is 7.43. The van der Waals surface area contributed by atoms with Gasteiger partial charge in [-0.15, -0.1) is 0 Å². The lowest BCUT2D eigenvalue weighted by Crippen LogP contribution is -2.43. The fraction of sp³-hybridized carbons (Fsp3) is 0.273. The van der Waals surface area contributed by atoms with Crippen molar-refractivity contribution in [3.8, 4) is 0 Å². The number of hydrogen-bond donors (Lipinski definition) is 2. The first-order chi connectivity index (χ1) is 14.9. The summed E-state index contributed by atoms with van der Waals surface area (Å²) in [6, 6.07) is 14.0. The third-order valence-electron chi connectivity index (χ3n) is 4.91. The van der Waals surface area contributed by atoms with Gasteiger partial charge in [0.15, 0.2) is 5.16 Å². The number of thioether (sulfide) groups is 1. The molecule has 9 heteroatoms. The van der Waals surface area contributed by atoms with E-state index in [1.807, 2.05) is 18.2 Å². The third-order valence-corrected chi connectivity index (χ3v) is 6.37. The van der Waals surface area contributed by atoms with E-state index < -0.39 is 17.2 Å². The molecule has 1 heterocycles. The molecule has 3 amide bonds. The Morgan fingerprint density at radius 1 is 1.19 bits per heavy atom. The number of benzene rings is 2. The predicted molar refractivity (Wildman–Crippen MR) is 122 cm³/mol. The number of nitrogens with zero attached hydrogens (tertiary/aromatic N) is 2. The normalized spacial score (nSPS) is 14.3. The molecule has 0 aliphatic heterocycles. The average Bonchev–Trinajstić information content (AvgIpc) is 3.56. The van der Waals surface area contributed by atoms with E-state index in [4.69, 9.17) is 11.6 Å². The zero-order chi connectivity index (χ0) is 22.0. The molecule has 1 fully saturated rings. The summed E-state index contributed by atoms with van der Waals surface area (Å²) < 4.78 is 1.52. The number of rotatable bonds is 6. The average molecular weight is 457 g/mol. The Hall–Kier alpha value is -2.84. The molecule has 3 aromatic rings. The fourth-order valence-electron chi connectivity index (χ4n) is 3.05. The number of para-hydroxylation sites is 1. The predicted octanol–water partition coefficient (Wildman–Crippen LogP) is 3.57. The number of nitrogens with one attached hydrogen (secondary N) is 2. The molecule has 0 radical (unpaired) electrons. The molecule has 1 aromatic heterocycles. The smallest absolute Gasteiger partial charge is 0.321 e. The lowest BCUT2D eigenvalue weighted by atomic mass is 10.2. The van der Waals surface area contributed by atoms with Crippen molar-refractivity contribution in [2.24, 2.45) is 0 Å². The molecule has 160 valence electrons. The first kappa shape index (κ1) is 21.4. The minimum Gasteiger partial charge on any atom is -0.335 e. The number of halogens is 1. The van der Waals surface area contributed by atoms with Crippen LogP contribution in [0.4, 0.5) is 4.79 Å². The van der Waals surface area contributed by atoms with Crippen molar-refractivity contribution in [1.82, 2.24) is 20.2 Å². The molecular weight excluding hydrogens is 436 g/mol. The number of imide groups is 1. The quantitative estimate of drug-likeness (QED) is 0.437. The second kappa shape index (κ2) is 9.11. The highest BCUT2D eigenvalue weighted by Gasteiger charge is 2.26. The number of amides is 3. The van der Waals surface area contributed by atoms with Gasteiger partial charge in [-0.3, -0.25) is 19.5 Å². The molecule has 0 spiro atoms. The van der Waals surface area contributed by atoms with Gasteiger partial charge in [-0.05, 0) is 43.5 Å². The fourth-order valence-corrected chi connectivity index (χ4v) is 4.15. The van der Waals surface area contributed by atoms with Crippen LogP contribution in [-0.2, 0) is 11.3 Å². The van der Waals surface area contributed by atoms with Gasteiger partial charge in [0.1, 0.15) is 0 Å². The highest BCUT2D eigenvalue weighted by molar-refractivity contribution is 8.00. The molecule has 7 nitrogen and oxygen atoms in total. The van der Waals surface area contributed by atoms with Crippen LogP contribution in [0.25, 0.3) is 10.9 Å². The van der Waals surface area contributed by atoms with E-state index in [1.54, 1.807) is 37.3 Å². The van der Waals surface area contributed by atoms with E-state index >= 15 is 0 Å². The number of carbonyl (C=O) groups excluding carboxylic acids is 2. The van der Waals surface area contributed by atoms with Gasteiger partial charge in [0.25, 0.3) is 5.56 Å². The van der Waals surface area contributed by atoms with Gasteiger partial charge in [0, 0.05) is 11.1 Å². The summed E-state index contributed by atoms with van der Waals surface area (Å²) in [6.45, 7) is 1.89. The van der Waals surface area contributed by atoms with Gasteiger partial charge in [-0.1, -0.05) is 53.7 Å². The van der Waals surface area contributed by atoms with Gasteiger partial charge in [0.05, 0.1) is 22.7 Å². The Kier molecular flexibility index (Phi) is 6.29. The minimum atomic E-state index is -0.643. The molecular formula is C22H21ClN4O3S. The van der Waals surface area contributed by atoms with Crippen LogP contribution in [-0.4, -0.2) is 32.8 Å². The molecule has 4 rings (SSSR count). The Balaban J connectivity index is 1.63. The second-order valence-corrected chi connectivity index (χ2v) is 9.11. The van der Waals surface area contributed by atoms with Crippen molar-refractivity contribution in [3.63, 3.8) is 0 Å². The SMILES string of the molecule is CC(Sc1nc2ccccc2c(=O)n1Cc1ccccc1Cl)C(=O)NC(=O)NC1CC1. The van der Waals surface area contributed by atoms with E-state index in [1.165, 1.54) is 4.57 Å². The minimum absolute atomic E-state index is 0.152. The topological polar surface area (TPSA) is 93.1 Å². The van der Waals surface area contributed by atoms with E-state index in [-0.39, 0.29) is 18.1 Å². The summed E-state index contributed by atoms with van der Waals surface area (Å²) in [5, 5.41) is 5.85. The Morgan fingerprint density at radius 2 is 1.90 bits per heavy atom. The van der Waals surface area contributed by atoms with Crippen LogP contribution in [0.1, 0.15) is 25.3 Å². The van der Waals surface area contributed by atoms with Crippen molar-refractivity contribution >= 4 is 46.2 Å². The summed E-state index contributed by atoms with van der Waals surface area (Å²) in [6.07, 6.45) is 1.86. The Bertz CT molecular complexity index is 1210. The number of carbonyl (C=O) groups is 2. The summed E-state index contributed by atoms with van der Waals surface area (Å²) in [4.78, 5) is 42.2. The maximum atomic E-state index is 13.2. The Morgan fingerprint density at radius 3 is 2.65 bits per heavy atom. The maximum Gasteiger partial charge on any atom is 0.321 e. The van der Waals surface area contributed by atoms with Gasteiger partial charge < -0.3 is 5.32 Å². The van der Waals surface area contributed by atoms with E-state index in [0.29, 0.717) is 21.1 Å². The van der Waals surface area contributed by atoms with Crippen LogP contribution in [0.2, 0.25) is 5.02 Å². The number of fused-ring (bicyclic) bond motifs is 1. The maximum absolute atomic E-state index is 13.2. The van der Waals surface area contributed by atoms with E-state index in [0.717, 1.165) is 30.2 Å². The largest absolute Gasteiger partial charge is 0.335 e. The van der Waals surface area contributed by atoms with Gasteiger partial charge in [-0.2, -0.15) is 0 Å². The summed E-state index contributed by atoms with van der Waals surface area (Å²) in [7, 11) is 0. The molecule has 1 saturated carbocycles. The lowest BCUT2D eigenvalue weighted by Gasteiger charge is -2.17. The molecule has 31 heavy (non-hydrogen) atoms. The highest BCUT2D eigenvalue weighted by Crippen LogP contribution is 2.25. The van der Waals surface area contributed by atoms with Gasteiger partial charge in [0.2, 0.25) is 5.91 Å². The van der Waals surface area contributed by atoms with E-state index in [9.17, 15) is 14.4 Å². The first-order valence-electron chi connectivity index (χ1n) is 9.93. The van der Waals surface area contributed by atoms with Crippen molar-refractivity contribution in [2.75, 3.05) is 0 Å². The zero-order valence-corrected chi connectivity index (χ0v) is 18.4. The van der Waals surface area contributed by atoms with Gasteiger partial charge >= 0.3 is 6.03 Å². The number of aromatic nitrogens is 2. The molecule has 0 saturated heterocycles. The second-order valence-electron chi connectivity index (χ2n) is 7.39. The van der Waals surface area contributed by atoms with Crippen LogP contribution in [0, 0.1) is 0 Å². The summed E-state index contributed by atoms with van der Waals surface area (Å²) in [5.74, 6) is -0.449. The van der Waals surface area contributed by atoms with Crippen molar-refractivity contribution in [2.45, 2.75) is 42.8 Å². The summed E-state index contributed by atoms with van der Waals surface area (Å²) in [5.41, 5.74) is 1.10. The zero-order valence-electron chi connectivity index (χ0n) is 16.8. The van der Waals surface area contributed by atoms with Crippen molar-refractivity contribution in [1.29, 1.82) is 0 Å². The number of hydrogen-bond acceptors (Lipinski definition) is 5. The number of urea groups is 1.